The molecule has 0 spiro atoms. The van der Waals surface area contributed by atoms with Crippen LogP contribution in [-0.4, -0.2) is 61.2 Å². The average molecular weight is 671 g/mol. The maximum atomic E-state index is 12.7. The lowest BCUT2D eigenvalue weighted by Gasteiger charge is -2.26. The number of carbonyl (C=O) groups is 1. The Morgan fingerprint density at radius 2 is 1.40 bits per heavy atom. The first-order chi connectivity index (χ1) is 23.1. The number of aromatic amines is 1. The number of nitrogens with zero attached hydrogens (tertiary/aromatic N) is 2. The molecule has 8 heteroatoms. The minimum absolute atomic E-state index is 0. The van der Waals surface area contributed by atoms with Gasteiger partial charge in [0.05, 0.1) is 25.2 Å². The fourth-order valence-corrected chi connectivity index (χ4v) is 6.25. The Labute approximate surface area is 291 Å². The predicted molar refractivity (Wildman–Crippen MR) is 200 cm³/mol. The molecule has 1 aliphatic carbocycles. The zero-order valence-electron chi connectivity index (χ0n) is 28.5. The van der Waals surface area contributed by atoms with Gasteiger partial charge in [-0.05, 0) is 87.9 Å². The van der Waals surface area contributed by atoms with Gasteiger partial charge in [0, 0.05) is 42.4 Å². The molecule has 7 nitrogen and oxygen atoms in total. The van der Waals surface area contributed by atoms with Gasteiger partial charge >= 0.3 is 0 Å². The van der Waals surface area contributed by atoms with E-state index in [9.17, 15) is 4.79 Å². The quantitative estimate of drug-likeness (QED) is 0.109. The van der Waals surface area contributed by atoms with Crippen molar-refractivity contribution in [2.75, 3.05) is 40.4 Å². The molecule has 1 aromatic heterocycles. The highest BCUT2D eigenvalue weighted by molar-refractivity contribution is 5.89. The number of ether oxygens (including phenoxy) is 2. The normalized spacial score (nSPS) is 13.6. The van der Waals surface area contributed by atoms with E-state index in [1.54, 1.807) is 6.33 Å². The van der Waals surface area contributed by atoms with Crippen molar-refractivity contribution < 1.29 is 14.3 Å². The van der Waals surface area contributed by atoms with Crippen LogP contribution in [0.4, 0.5) is 0 Å². The van der Waals surface area contributed by atoms with Gasteiger partial charge in [0.2, 0.25) is 5.91 Å². The van der Waals surface area contributed by atoms with Crippen LogP contribution in [0.5, 0.6) is 11.5 Å². The Bertz CT molecular complexity index is 1680. The summed E-state index contributed by atoms with van der Waals surface area (Å²) in [7, 11) is 3.92. The Morgan fingerprint density at radius 3 is 2.02 bits per heavy atom. The molecule has 0 aliphatic heterocycles. The van der Waals surface area contributed by atoms with Gasteiger partial charge in [-0.15, -0.1) is 12.4 Å². The number of fused-ring (bicyclic) bond motifs is 3. The monoisotopic (exact) mass is 670 g/mol. The maximum absolute atomic E-state index is 12.7. The average Bonchev–Trinajstić information content (AvgIpc) is 3.59. The van der Waals surface area contributed by atoms with E-state index in [1.165, 1.54) is 29.0 Å². The van der Waals surface area contributed by atoms with Crippen molar-refractivity contribution in [3.63, 3.8) is 0 Å². The molecule has 0 bridgehead atoms. The highest BCUT2D eigenvalue weighted by Crippen LogP contribution is 2.27. The van der Waals surface area contributed by atoms with Crippen LogP contribution < -0.4 is 14.8 Å². The van der Waals surface area contributed by atoms with Crippen LogP contribution in [0.2, 0.25) is 0 Å². The van der Waals surface area contributed by atoms with Gasteiger partial charge in [0.15, 0.2) is 0 Å². The van der Waals surface area contributed by atoms with Gasteiger partial charge in [0.1, 0.15) is 11.5 Å². The standard InChI is InChI=1S/C24H29N3O2.C16H21NO.ClH/c1-27(24(28)19-12-13-21-22(16-19)26-17-25-21)14-5-2-6-15-29-23-11-7-9-18-8-3-4-10-20(18)23;1-17-12-5-2-6-13-18-16-11-7-9-14-8-3-4-10-15(14)16;/h3-4,7-11,17,19H,2,5-6,12-16H2,1H3,(H,25,26);3-4,7-11,17H,2,5-6,12-13H2,1H3;1H. The van der Waals surface area contributed by atoms with Crippen molar-refractivity contribution in [1.82, 2.24) is 20.2 Å². The molecule has 0 saturated heterocycles. The van der Waals surface area contributed by atoms with E-state index >= 15 is 0 Å². The Hall–Kier alpha value is -4.07. The molecule has 48 heavy (non-hydrogen) atoms. The Morgan fingerprint density at radius 1 is 0.812 bits per heavy atom. The summed E-state index contributed by atoms with van der Waals surface area (Å²) in [6.45, 7) is 3.41. The number of unbranched alkanes of at least 4 members (excludes halogenated alkanes) is 4. The fourth-order valence-electron chi connectivity index (χ4n) is 6.25. The second kappa shape index (κ2) is 19.7. The number of nitrogens with one attached hydrogen (secondary N) is 2. The number of H-pyrrole nitrogens is 1. The first-order valence-corrected chi connectivity index (χ1v) is 17.3. The molecule has 4 aromatic carbocycles. The Balaban J connectivity index is 0.000000236. The van der Waals surface area contributed by atoms with E-state index in [0.29, 0.717) is 6.61 Å². The number of imidazole rings is 1. The van der Waals surface area contributed by atoms with Gasteiger partial charge < -0.3 is 24.7 Å². The summed E-state index contributed by atoms with van der Waals surface area (Å²) in [4.78, 5) is 22.1. The van der Waals surface area contributed by atoms with Crippen LogP contribution in [-0.2, 0) is 17.6 Å². The number of amides is 1. The minimum Gasteiger partial charge on any atom is -0.493 e. The largest absolute Gasteiger partial charge is 0.493 e. The molecule has 0 saturated carbocycles. The van der Waals surface area contributed by atoms with Crippen LogP contribution in [0.1, 0.15) is 56.3 Å². The fraction of sp³-hybridized carbons (Fsp3) is 0.400. The zero-order valence-corrected chi connectivity index (χ0v) is 29.3. The topological polar surface area (TPSA) is 79.5 Å². The maximum Gasteiger partial charge on any atom is 0.225 e. The molecule has 256 valence electrons. The number of aromatic nitrogens is 2. The van der Waals surface area contributed by atoms with Gasteiger partial charge in [-0.2, -0.15) is 0 Å². The van der Waals surface area contributed by atoms with Gasteiger partial charge in [-0.25, -0.2) is 4.98 Å². The van der Waals surface area contributed by atoms with Crippen molar-refractivity contribution in [2.45, 2.75) is 57.8 Å². The van der Waals surface area contributed by atoms with Crippen LogP contribution in [0.25, 0.3) is 21.5 Å². The van der Waals surface area contributed by atoms with Crippen molar-refractivity contribution in [1.29, 1.82) is 0 Å². The summed E-state index contributed by atoms with van der Waals surface area (Å²) >= 11 is 0. The molecule has 1 atom stereocenters. The number of aryl methyl sites for hydroxylation is 1. The molecular formula is C40H51ClN4O3. The molecule has 1 aliphatic rings. The van der Waals surface area contributed by atoms with Crippen LogP contribution in [0.15, 0.2) is 91.3 Å². The summed E-state index contributed by atoms with van der Waals surface area (Å²) in [5.41, 5.74) is 2.26. The lowest BCUT2D eigenvalue weighted by atomic mass is 9.89. The third kappa shape index (κ3) is 10.5. The van der Waals surface area contributed by atoms with Crippen molar-refractivity contribution in [3.8, 4) is 11.5 Å². The molecule has 0 fully saturated rings. The predicted octanol–water partition coefficient (Wildman–Crippen LogP) is 8.41. The highest BCUT2D eigenvalue weighted by Gasteiger charge is 2.28. The summed E-state index contributed by atoms with van der Waals surface area (Å²) in [6, 6.07) is 29.1. The van der Waals surface area contributed by atoms with Crippen LogP contribution in [0, 0.1) is 5.92 Å². The van der Waals surface area contributed by atoms with Crippen LogP contribution in [0.3, 0.4) is 0 Å². The van der Waals surface area contributed by atoms with Crippen molar-refractivity contribution >= 4 is 39.9 Å². The van der Waals surface area contributed by atoms with E-state index in [4.69, 9.17) is 9.47 Å². The van der Waals surface area contributed by atoms with Crippen molar-refractivity contribution in [3.05, 3.63) is 103 Å². The first-order valence-electron chi connectivity index (χ1n) is 17.3. The molecule has 6 rings (SSSR count). The molecular weight excluding hydrogens is 620 g/mol. The first kappa shape index (κ1) is 36.8. The van der Waals surface area contributed by atoms with E-state index in [2.05, 4.69) is 75.9 Å². The number of rotatable bonds is 15. The SMILES string of the molecule is CN(CCCCCOc1cccc2ccccc12)C(=O)C1CCc2nc[nH]c2C1.CNCCCCCOc1cccc2ccccc12.Cl. The van der Waals surface area contributed by atoms with Gasteiger partial charge in [-0.3, -0.25) is 4.79 Å². The summed E-state index contributed by atoms with van der Waals surface area (Å²) < 4.78 is 11.9. The summed E-state index contributed by atoms with van der Waals surface area (Å²) in [5, 5.41) is 7.97. The number of hydrogen-bond donors (Lipinski definition) is 2. The van der Waals surface area contributed by atoms with Crippen LogP contribution >= 0.6 is 12.4 Å². The van der Waals surface area contributed by atoms with Gasteiger partial charge in [-0.1, -0.05) is 72.8 Å². The van der Waals surface area contributed by atoms with E-state index in [0.717, 1.165) is 92.9 Å². The number of halogens is 1. The van der Waals surface area contributed by atoms with E-state index in [1.807, 2.05) is 43.3 Å². The van der Waals surface area contributed by atoms with Crippen molar-refractivity contribution in [2.24, 2.45) is 5.92 Å². The number of hydrogen-bond acceptors (Lipinski definition) is 5. The zero-order chi connectivity index (χ0) is 32.7. The smallest absolute Gasteiger partial charge is 0.225 e. The molecule has 0 radical (unpaired) electrons. The third-order valence-electron chi connectivity index (χ3n) is 8.94. The Kier molecular flexibility index (Phi) is 15.1. The number of benzene rings is 4. The third-order valence-corrected chi connectivity index (χ3v) is 8.94. The molecule has 1 heterocycles. The highest BCUT2D eigenvalue weighted by atomic mass is 35.5. The summed E-state index contributed by atoms with van der Waals surface area (Å²) in [5.74, 6) is 2.30. The molecule has 5 aromatic rings. The second-order valence-electron chi connectivity index (χ2n) is 12.4. The second-order valence-corrected chi connectivity index (χ2v) is 12.4. The van der Waals surface area contributed by atoms with Gasteiger partial charge in [0.25, 0.3) is 0 Å². The minimum atomic E-state index is 0. The molecule has 1 unspecified atom stereocenters. The van der Waals surface area contributed by atoms with E-state index < -0.39 is 0 Å². The lowest BCUT2D eigenvalue weighted by molar-refractivity contribution is -0.134. The summed E-state index contributed by atoms with van der Waals surface area (Å²) in [6.07, 6.45) is 10.9. The molecule has 1 amide bonds. The molecule has 2 N–H and O–H groups in total. The lowest BCUT2D eigenvalue weighted by Crippen LogP contribution is -2.36. The van der Waals surface area contributed by atoms with E-state index in [-0.39, 0.29) is 24.2 Å². The number of carbonyl (C=O) groups excluding carboxylic acids is 1.